The topological polar surface area (TPSA) is 62.1 Å². The minimum absolute atomic E-state index is 0.0174. The number of carbonyl (C=O) groups excluding carboxylic acids is 1. The Morgan fingerprint density at radius 1 is 1.35 bits per heavy atom. The predicted molar refractivity (Wildman–Crippen MR) is 92.9 cm³/mol. The van der Waals surface area contributed by atoms with E-state index in [0.717, 1.165) is 5.56 Å². The molecule has 2 rings (SSSR count). The Labute approximate surface area is 140 Å². The summed E-state index contributed by atoms with van der Waals surface area (Å²) in [4.78, 5) is 12.2. The van der Waals surface area contributed by atoms with Crippen LogP contribution in [0.15, 0.2) is 35.7 Å². The van der Waals surface area contributed by atoms with Crippen LogP contribution < -0.4 is 10.1 Å². The van der Waals surface area contributed by atoms with Gasteiger partial charge in [0.2, 0.25) is 0 Å². The summed E-state index contributed by atoms with van der Waals surface area (Å²) in [6.07, 6.45) is -0.654. The van der Waals surface area contributed by atoms with Gasteiger partial charge in [-0.25, -0.2) is 0 Å². The molecule has 5 heteroatoms. The van der Waals surface area contributed by atoms with Gasteiger partial charge in [0.15, 0.2) is 6.10 Å². The molecule has 0 aliphatic heterocycles. The maximum absolute atomic E-state index is 12.2. The molecule has 0 radical (unpaired) electrons. The van der Waals surface area contributed by atoms with Gasteiger partial charge in [0.05, 0.1) is 5.56 Å². The minimum atomic E-state index is -0.654. The monoisotopic (exact) mass is 328 g/mol. The summed E-state index contributed by atoms with van der Waals surface area (Å²) >= 11 is 1.32. The van der Waals surface area contributed by atoms with E-state index in [1.165, 1.54) is 11.3 Å². The van der Waals surface area contributed by atoms with Gasteiger partial charge < -0.3 is 10.1 Å². The van der Waals surface area contributed by atoms with E-state index >= 15 is 0 Å². The molecule has 1 amide bonds. The van der Waals surface area contributed by atoms with Gasteiger partial charge in [-0.05, 0) is 41.5 Å². The quantitative estimate of drug-likeness (QED) is 0.909. The van der Waals surface area contributed by atoms with Crippen molar-refractivity contribution in [2.75, 3.05) is 5.32 Å². The molecule has 1 aromatic heterocycles. The molecular weight excluding hydrogens is 308 g/mol. The third-order valence-corrected chi connectivity index (χ3v) is 4.23. The van der Waals surface area contributed by atoms with Crippen LogP contribution in [-0.4, -0.2) is 12.0 Å². The van der Waals surface area contributed by atoms with E-state index in [1.54, 1.807) is 18.4 Å². The van der Waals surface area contributed by atoms with Crippen LogP contribution in [0.25, 0.3) is 0 Å². The van der Waals surface area contributed by atoms with Crippen molar-refractivity contribution in [1.82, 2.24) is 0 Å². The average Bonchev–Trinajstić information content (AvgIpc) is 2.93. The number of hydrogen-bond donors (Lipinski definition) is 1. The van der Waals surface area contributed by atoms with Gasteiger partial charge in [-0.1, -0.05) is 32.9 Å². The van der Waals surface area contributed by atoms with E-state index in [1.807, 2.05) is 30.3 Å². The highest BCUT2D eigenvalue weighted by molar-refractivity contribution is 7.14. The average molecular weight is 328 g/mol. The fourth-order valence-electron chi connectivity index (χ4n) is 2.00. The van der Waals surface area contributed by atoms with Gasteiger partial charge in [-0.2, -0.15) is 5.26 Å². The van der Waals surface area contributed by atoms with Crippen LogP contribution in [0.1, 0.15) is 38.8 Å². The number of amides is 1. The number of hydrogen-bond acceptors (Lipinski definition) is 4. The lowest BCUT2D eigenvalue weighted by molar-refractivity contribution is -0.122. The molecule has 4 nitrogen and oxygen atoms in total. The molecule has 1 atom stereocenters. The first-order valence-electron chi connectivity index (χ1n) is 7.37. The molecule has 0 fully saturated rings. The van der Waals surface area contributed by atoms with Gasteiger partial charge in [-0.15, -0.1) is 11.3 Å². The second-order valence-corrected chi connectivity index (χ2v) is 7.22. The highest BCUT2D eigenvalue weighted by Crippen LogP contribution is 2.26. The first-order valence-corrected chi connectivity index (χ1v) is 8.25. The Morgan fingerprint density at radius 3 is 2.74 bits per heavy atom. The lowest BCUT2D eigenvalue weighted by Crippen LogP contribution is -2.30. The molecule has 1 aromatic carbocycles. The van der Waals surface area contributed by atoms with Crippen molar-refractivity contribution in [1.29, 1.82) is 5.26 Å². The maximum atomic E-state index is 12.2. The zero-order chi connectivity index (χ0) is 17.0. The molecule has 0 saturated heterocycles. The number of nitrogens with one attached hydrogen (secondary N) is 1. The van der Waals surface area contributed by atoms with Crippen LogP contribution in [0, 0.1) is 11.3 Å². The van der Waals surface area contributed by atoms with E-state index in [4.69, 9.17) is 10.00 Å². The summed E-state index contributed by atoms with van der Waals surface area (Å²) in [5, 5.41) is 14.0. The molecule has 1 heterocycles. The van der Waals surface area contributed by atoms with E-state index in [-0.39, 0.29) is 11.3 Å². The zero-order valence-electron chi connectivity index (χ0n) is 13.7. The Hall–Kier alpha value is -2.32. The van der Waals surface area contributed by atoms with Crippen LogP contribution >= 0.6 is 11.3 Å². The van der Waals surface area contributed by atoms with Crippen molar-refractivity contribution in [2.24, 2.45) is 0 Å². The smallest absolute Gasteiger partial charge is 0.265 e. The number of benzene rings is 1. The standard InChI is InChI=1S/C18H20N2O2S/c1-12(16(21)20-17-13(11-19)8-9-23-17)22-15-7-5-6-14(10-15)18(2,3)4/h5-10,12H,1-4H3,(H,20,21)/t12-/m1/s1. The largest absolute Gasteiger partial charge is 0.481 e. The number of ether oxygens (including phenoxy) is 1. The van der Waals surface area contributed by atoms with Gasteiger partial charge in [-0.3, -0.25) is 4.79 Å². The molecule has 2 aromatic rings. The fraction of sp³-hybridized carbons (Fsp3) is 0.333. The van der Waals surface area contributed by atoms with Crippen LogP contribution in [0.4, 0.5) is 5.00 Å². The van der Waals surface area contributed by atoms with Crippen molar-refractivity contribution in [3.63, 3.8) is 0 Å². The Bertz CT molecular complexity index is 738. The van der Waals surface area contributed by atoms with Gasteiger partial charge >= 0.3 is 0 Å². The molecule has 0 aliphatic carbocycles. The van der Waals surface area contributed by atoms with Crippen molar-refractivity contribution >= 4 is 22.2 Å². The summed E-state index contributed by atoms with van der Waals surface area (Å²) in [7, 11) is 0. The van der Waals surface area contributed by atoms with Crippen molar-refractivity contribution in [3.8, 4) is 11.8 Å². The van der Waals surface area contributed by atoms with E-state index in [0.29, 0.717) is 16.3 Å². The number of rotatable bonds is 4. The summed E-state index contributed by atoms with van der Waals surface area (Å²) in [5.74, 6) is 0.386. The number of nitriles is 1. The van der Waals surface area contributed by atoms with Crippen LogP contribution in [-0.2, 0) is 10.2 Å². The molecule has 0 bridgehead atoms. The maximum Gasteiger partial charge on any atom is 0.265 e. The Balaban J connectivity index is 2.06. The van der Waals surface area contributed by atoms with E-state index in [9.17, 15) is 4.79 Å². The van der Waals surface area contributed by atoms with Crippen molar-refractivity contribution < 1.29 is 9.53 Å². The summed E-state index contributed by atoms with van der Waals surface area (Å²) in [6, 6.07) is 11.5. The van der Waals surface area contributed by atoms with Crippen LogP contribution in [0.5, 0.6) is 5.75 Å². The lowest BCUT2D eigenvalue weighted by Gasteiger charge is -2.21. The van der Waals surface area contributed by atoms with Crippen LogP contribution in [0.3, 0.4) is 0 Å². The molecule has 23 heavy (non-hydrogen) atoms. The molecule has 0 saturated carbocycles. The van der Waals surface area contributed by atoms with E-state index < -0.39 is 6.10 Å². The zero-order valence-corrected chi connectivity index (χ0v) is 14.5. The SMILES string of the molecule is C[C@@H](Oc1cccc(C(C)(C)C)c1)C(=O)Nc1sccc1C#N. The highest BCUT2D eigenvalue weighted by atomic mass is 32.1. The van der Waals surface area contributed by atoms with Crippen molar-refractivity contribution in [3.05, 3.63) is 46.8 Å². The molecule has 0 unspecified atom stereocenters. The summed E-state index contributed by atoms with van der Waals surface area (Å²) in [5.41, 5.74) is 1.63. The number of carbonyl (C=O) groups is 1. The second kappa shape index (κ2) is 6.84. The minimum Gasteiger partial charge on any atom is -0.481 e. The van der Waals surface area contributed by atoms with Gasteiger partial charge in [0, 0.05) is 0 Å². The number of thiophene rings is 1. The normalized spacial score (nSPS) is 12.3. The van der Waals surface area contributed by atoms with E-state index in [2.05, 4.69) is 26.1 Å². The molecule has 0 spiro atoms. The molecule has 1 N–H and O–H groups in total. The van der Waals surface area contributed by atoms with Gasteiger partial charge in [0.1, 0.15) is 16.8 Å². The Morgan fingerprint density at radius 2 is 2.09 bits per heavy atom. The number of nitrogens with zero attached hydrogens (tertiary/aromatic N) is 1. The third-order valence-electron chi connectivity index (χ3n) is 3.40. The Kier molecular flexibility index (Phi) is 5.07. The number of anilines is 1. The summed E-state index contributed by atoms with van der Waals surface area (Å²) < 4.78 is 5.74. The molecule has 120 valence electrons. The summed E-state index contributed by atoms with van der Waals surface area (Å²) in [6.45, 7) is 8.08. The first-order chi connectivity index (χ1) is 10.8. The van der Waals surface area contributed by atoms with Crippen molar-refractivity contribution in [2.45, 2.75) is 39.2 Å². The fourth-order valence-corrected chi connectivity index (χ4v) is 2.74. The first kappa shape index (κ1) is 17.0. The second-order valence-electron chi connectivity index (χ2n) is 6.30. The predicted octanol–water partition coefficient (Wildman–Crippen LogP) is 4.32. The van der Waals surface area contributed by atoms with Crippen LogP contribution in [0.2, 0.25) is 0 Å². The lowest BCUT2D eigenvalue weighted by atomic mass is 9.87. The highest BCUT2D eigenvalue weighted by Gasteiger charge is 2.19. The third kappa shape index (κ3) is 4.33. The van der Waals surface area contributed by atoms with Gasteiger partial charge in [0.25, 0.3) is 5.91 Å². The molecule has 0 aliphatic rings. The molecular formula is C18H20N2O2S.